The molecule has 1 N–H and O–H groups in total. The van der Waals surface area contributed by atoms with Crippen molar-refractivity contribution in [1.29, 1.82) is 0 Å². The van der Waals surface area contributed by atoms with Gasteiger partial charge in [0.15, 0.2) is 0 Å². The first-order chi connectivity index (χ1) is 11.0. The highest BCUT2D eigenvalue weighted by Gasteiger charge is 2.39. The average molecular weight is 372 g/mol. The number of hydrogen-bond donors (Lipinski definition) is 1. The molecular weight excluding hydrogens is 363 g/mol. The molecule has 5 nitrogen and oxygen atoms in total. The van der Waals surface area contributed by atoms with Gasteiger partial charge in [0, 0.05) is 5.02 Å². The molecule has 0 unspecified atom stereocenters. The molecule has 1 aromatic heterocycles. The van der Waals surface area contributed by atoms with Crippen LogP contribution in [0.4, 0.5) is 5.69 Å². The van der Waals surface area contributed by atoms with Gasteiger partial charge in [-0.15, -0.1) is 0 Å². The minimum atomic E-state index is -0.650. The number of nitrogens with one attached hydrogen (secondary N) is 1. The zero-order valence-electron chi connectivity index (χ0n) is 11.5. The lowest BCUT2D eigenvalue weighted by atomic mass is 10.3. The van der Waals surface area contributed by atoms with Crippen LogP contribution in [-0.2, 0) is 16.1 Å². The Morgan fingerprint density at radius 2 is 1.87 bits per heavy atom. The molecule has 0 bridgehead atoms. The Kier molecular flexibility index (Phi) is 4.35. The Labute approximate surface area is 146 Å². The molecule has 1 aromatic carbocycles. The van der Waals surface area contributed by atoms with E-state index in [2.05, 4.69) is 5.32 Å². The fourth-order valence-electron chi connectivity index (χ4n) is 2.13. The fourth-order valence-corrected chi connectivity index (χ4v) is 2.85. The van der Waals surface area contributed by atoms with Crippen molar-refractivity contribution in [2.45, 2.75) is 6.54 Å². The Balaban J connectivity index is 1.86. The van der Waals surface area contributed by atoms with E-state index in [0.717, 1.165) is 4.90 Å². The molecule has 118 valence electrons. The minimum Gasteiger partial charge on any atom is -0.467 e. The Morgan fingerprint density at radius 1 is 1.09 bits per heavy atom. The molecule has 8 heteroatoms. The lowest BCUT2D eigenvalue weighted by molar-refractivity contribution is -0.120. The monoisotopic (exact) mass is 370 g/mol. The second-order valence-corrected chi connectivity index (χ2v) is 5.88. The predicted octanol–water partition coefficient (Wildman–Crippen LogP) is 3.70. The summed E-state index contributed by atoms with van der Waals surface area (Å²) in [6.07, 6.45) is 1.51. The topological polar surface area (TPSA) is 62.6 Å². The normalized spacial score (nSPS) is 14.8. The van der Waals surface area contributed by atoms with E-state index < -0.39 is 11.8 Å². The summed E-state index contributed by atoms with van der Waals surface area (Å²) < 4.78 is 5.16. The Hall–Kier alpha value is -1.95. The second-order valence-electron chi connectivity index (χ2n) is 4.66. The molecule has 2 aromatic rings. The summed E-state index contributed by atoms with van der Waals surface area (Å²) in [6, 6.07) is 7.91. The van der Waals surface area contributed by atoms with E-state index in [1.807, 2.05) is 0 Å². The van der Waals surface area contributed by atoms with Crippen LogP contribution in [0.1, 0.15) is 5.76 Å². The van der Waals surface area contributed by atoms with Gasteiger partial charge in [-0.05, 0) is 30.3 Å². The zero-order valence-corrected chi connectivity index (χ0v) is 13.7. The number of nitrogens with zero attached hydrogens (tertiary/aromatic N) is 1. The van der Waals surface area contributed by atoms with E-state index in [1.165, 1.54) is 24.5 Å². The van der Waals surface area contributed by atoms with Crippen LogP contribution in [0.3, 0.4) is 0 Å². The van der Waals surface area contributed by atoms with Crippen LogP contribution in [0, 0.1) is 0 Å². The molecule has 0 saturated carbocycles. The number of carbonyl (C=O) groups is 2. The fraction of sp³-hybridized carbons (Fsp3) is 0.0667. The lowest BCUT2D eigenvalue weighted by Crippen LogP contribution is -2.33. The smallest absolute Gasteiger partial charge is 0.283 e. The molecular formula is C15H9Cl3N2O3. The summed E-state index contributed by atoms with van der Waals surface area (Å²) in [7, 11) is 0. The molecule has 2 amide bonds. The van der Waals surface area contributed by atoms with Gasteiger partial charge < -0.3 is 9.73 Å². The summed E-state index contributed by atoms with van der Waals surface area (Å²) in [5, 5.41) is 3.19. The highest BCUT2D eigenvalue weighted by molar-refractivity contribution is 6.53. The molecule has 1 aliphatic rings. The van der Waals surface area contributed by atoms with Crippen molar-refractivity contribution in [3.8, 4) is 0 Å². The maximum absolute atomic E-state index is 12.5. The van der Waals surface area contributed by atoms with Crippen molar-refractivity contribution in [1.82, 2.24) is 5.32 Å². The van der Waals surface area contributed by atoms with Gasteiger partial charge in [-0.1, -0.05) is 34.8 Å². The summed E-state index contributed by atoms with van der Waals surface area (Å²) in [5.74, 6) is -0.635. The largest absolute Gasteiger partial charge is 0.467 e. The number of imide groups is 1. The molecule has 2 heterocycles. The molecule has 0 spiro atoms. The molecule has 3 rings (SSSR count). The van der Waals surface area contributed by atoms with E-state index >= 15 is 0 Å². The number of benzene rings is 1. The number of amides is 2. The van der Waals surface area contributed by atoms with Crippen molar-refractivity contribution in [3.05, 3.63) is 63.1 Å². The first-order valence-electron chi connectivity index (χ1n) is 6.49. The van der Waals surface area contributed by atoms with Gasteiger partial charge in [0.2, 0.25) is 0 Å². The molecule has 0 atom stereocenters. The van der Waals surface area contributed by atoms with Gasteiger partial charge >= 0.3 is 0 Å². The van der Waals surface area contributed by atoms with Crippen LogP contribution in [0.5, 0.6) is 0 Å². The third kappa shape index (κ3) is 2.95. The maximum Gasteiger partial charge on any atom is 0.283 e. The van der Waals surface area contributed by atoms with Crippen LogP contribution < -0.4 is 10.2 Å². The average Bonchev–Trinajstić information content (AvgIpc) is 3.08. The highest BCUT2D eigenvalue weighted by Crippen LogP contribution is 2.34. The SMILES string of the molecule is O=C1C(Cl)=C(NCc2ccco2)C(=O)N1c1ccc(Cl)cc1Cl. The first kappa shape index (κ1) is 15.9. The molecule has 0 fully saturated rings. The molecule has 0 radical (unpaired) electrons. The quantitative estimate of drug-likeness (QED) is 0.833. The number of anilines is 1. The standard InChI is InChI=1S/C15H9Cl3N2O3/c16-8-3-4-11(10(17)6-8)20-14(21)12(18)13(15(20)22)19-7-9-2-1-5-23-9/h1-6,19H,7H2. The number of hydrogen-bond acceptors (Lipinski definition) is 4. The number of carbonyl (C=O) groups excluding carboxylic acids is 2. The van der Waals surface area contributed by atoms with Crippen molar-refractivity contribution < 1.29 is 14.0 Å². The third-order valence-electron chi connectivity index (χ3n) is 3.20. The van der Waals surface area contributed by atoms with Gasteiger partial charge in [-0.2, -0.15) is 0 Å². The highest BCUT2D eigenvalue weighted by atomic mass is 35.5. The van der Waals surface area contributed by atoms with E-state index in [-0.39, 0.29) is 28.0 Å². The summed E-state index contributed by atoms with van der Waals surface area (Å²) in [5.41, 5.74) is 0.220. The molecule has 23 heavy (non-hydrogen) atoms. The summed E-state index contributed by atoms with van der Waals surface area (Å²) in [4.78, 5) is 25.7. The van der Waals surface area contributed by atoms with Gasteiger partial charge in [-0.3, -0.25) is 9.59 Å². The van der Waals surface area contributed by atoms with E-state index in [4.69, 9.17) is 39.2 Å². The van der Waals surface area contributed by atoms with Gasteiger partial charge in [0.1, 0.15) is 16.5 Å². The van der Waals surface area contributed by atoms with Crippen molar-refractivity contribution in [3.63, 3.8) is 0 Å². The van der Waals surface area contributed by atoms with Crippen molar-refractivity contribution in [2.24, 2.45) is 0 Å². The van der Waals surface area contributed by atoms with Crippen LogP contribution in [0.2, 0.25) is 10.0 Å². The van der Waals surface area contributed by atoms with E-state index in [9.17, 15) is 9.59 Å². The summed E-state index contributed by atoms with van der Waals surface area (Å²) in [6.45, 7) is 0.222. The number of rotatable bonds is 4. The van der Waals surface area contributed by atoms with Gasteiger partial charge in [0.05, 0.1) is 23.5 Å². The predicted molar refractivity (Wildman–Crippen MR) is 87.4 cm³/mol. The molecule has 0 saturated heterocycles. The first-order valence-corrected chi connectivity index (χ1v) is 7.62. The van der Waals surface area contributed by atoms with Crippen LogP contribution in [0.25, 0.3) is 0 Å². The minimum absolute atomic E-state index is 0.000849. The van der Waals surface area contributed by atoms with Crippen LogP contribution >= 0.6 is 34.8 Å². The number of furan rings is 1. The molecule has 1 aliphatic heterocycles. The summed E-state index contributed by atoms with van der Waals surface area (Å²) >= 11 is 17.9. The third-order valence-corrected chi connectivity index (χ3v) is 4.09. The Morgan fingerprint density at radius 3 is 2.52 bits per heavy atom. The van der Waals surface area contributed by atoms with Crippen LogP contribution in [-0.4, -0.2) is 11.8 Å². The lowest BCUT2D eigenvalue weighted by Gasteiger charge is -2.16. The van der Waals surface area contributed by atoms with Crippen molar-refractivity contribution in [2.75, 3.05) is 4.90 Å². The Bertz CT molecular complexity index is 815. The van der Waals surface area contributed by atoms with Crippen LogP contribution in [0.15, 0.2) is 51.7 Å². The van der Waals surface area contributed by atoms with Gasteiger partial charge in [0.25, 0.3) is 11.8 Å². The number of halogens is 3. The van der Waals surface area contributed by atoms with E-state index in [1.54, 1.807) is 12.1 Å². The molecule has 0 aliphatic carbocycles. The van der Waals surface area contributed by atoms with Gasteiger partial charge in [-0.25, -0.2) is 4.90 Å². The maximum atomic E-state index is 12.5. The second kappa shape index (κ2) is 6.28. The van der Waals surface area contributed by atoms with Crippen molar-refractivity contribution >= 4 is 52.3 Å². The zero-order chi connectivity index (χ0) is 16.6. The van der Waals surface area contributed by atoms with E-state index in [0.29, 0.717) is 10.8 Å².